The van der Waals surface area contributed by atoms with E-state index in [0.29, 0.717) is 39.1 Å². The Labute approximate surface area is 208 Å². The number of amides is 1. The average Bonchev–Trinajstić information content (AvgIpc) is 3.20. The lowest BCUT2D eigenvalue weighted by molar-refractivity contribution is -0.117. The molecule has 2 fully saturated rings. The Morgan fingerprint density at radius 1 is 1.03 bits per heavy atom. The van der Waals surface area contributed by atoms with Crippen molar-refractivity contribution >= 4 is 5.91 Å². The van der Waals surface area contributed by atoms with E-state index in [9.17, 15) is 9.90 Å². The average molecular weight is 479 g/mol. The van der Waals surface area contributed by atoms with Crippen molar-refractivity contribution in [3.05, 3.63) is 72.3 Å². The number of nitrogens with two attached hydrogens (primary N) is 1. The predicted molar refractivity (Wildman–Crippen MR) is 138 cm³/mol. The van der Waals surface area contributed by atoms with Crippen LogP contribution >= 0.6 is 0 Å². The molecule has 1 heterocycles. The summed E-state index contributed by atoms with van der Waals surface area (Å²) in [7, 11) is 0. The number of ether oxygens (including phenoxy) is 2. The Hall–Kier alpha value is -2.51. The Balaban J connectivity index is 1.37. The SMILES string of the molecule is NC(=O)CCC=CCC[C@@H]1[C@@H](N2CCOCC2)[C@H](O)C[C@@H]1OCc1ccc(-c2ccccc2)cc1. The molecular formula is C29H38N2O4. The molecule has 1 amide bonds. The van der Waals surface area contributed by atoms with E-state index in [1.165, 1.54) is 11.1 Å². The molecule has 0 aromatic heterocycles. The summed E-state index contributed by atoms with van der Waals surface area (Å²) < 4.78 is 12.0. The van der Waals surface area contributed by atoms with Gasteiger partial charge in [-0.15, -0.1) is 0 Å². The van der Waals surface area contributed by atoms with Crippen molar-refractivity contribution in [3.8, 4) is 11.1 Å². The number of morpholine rings is 1. The fourth-order valence-electron chi connectivity index (χ4n) is 5.37. The molecule has 6 heteroatoms. The first kappa shape index (κ1) is 25.6. The van der Waals surface area contributed by atoms with Crippen LogP contribution in [-0.2, 0) is 20.9 Å². The molecule has 2 aromatic carbocycles. The van der Waals surface area contributed by atoms with Crippen molar-refractivity contribution < 1.29 is 19.4 Å². The highest BCUT2D eigenvalue weighted by Crippen LogP contribution is 2.37. The molecule has 2 aliphatic rings. The number of allylic oxidation sites excluding steroid dienone is 2. The molecule has 35 heavy (non-hydrogen) atoms. The smallest absolute Gasteiger partial charge is 0.217 e. The fourth-order valence-corrected chi connectivity index (χ4v) is 5.37. The minimum Gasteiger partial charge on any atom is -0.391 e. The monoisotopic (exact) mass is 478 g/mol. The zero-order valence-electron chi connectivity index (χ0n) is 20.4. The maximum absolute atomic E-state index is 11.0. The Morgan fingerprint density at radius 2 is 1.71 bits per heavy atom. The van der Waals surface area contributed by atoms with Gasteiger partial charge in [-0.3, -0.25) is 9.69 Å². The first-order chi connectivity index (χ1) is 17.1. The van der Waals surface area contributed by atoms with Gasteiger partial charge in [0.15, 0.2) is 0 Å². The second-order valence-electron chi connectivity index (χ2n) is 9.57. The second-order valence-corrected chi connectivity index (χ2v) is 9.57. The third-order valence-electron chi connectivity index (χ3n) is 7.17. The van der Waals surface area contributed by atoms with Gasteiger partial charge in [-0.25, -0.2) is 0 Å². The van der Waals surface area contributed by atoms with Crippen LogP contribution in [0.1, 0.15) is 37.7 Å². The van der Waals surface area contributed by atoms with Crippen LogP contribution in [0.3, 0.4) is 0 Å². The van der Waals surface area contributed by atoms with Gasteiger partial charge >= 0.3 is 0 Å². The van der Waals surface area contributed by atoms with Gasteiger partial charge < -0.3 is 20.3 Å². The molecule has 1 aliphatic carbocycles. The number of carbonyl (C=O) groups excluding carboxylic acids is 1. The first-order valence-electron chi connectivity index (χ1n) is 12.8. The fraction of sp³-hybridized carbons (Fsp3) is 0.483. The minimum absolute atomic E-state index is 0.00524. The lowest BCUT2D eigenvalue weighted by Gasteiger charge is -2.38. The Morgan fingerprint density at radius 3 is 2.43 bits per heavy atom. The summed E-state index contributed by atoms with van der Waals surface area (Å²) in [5.74, 6) is -0.0290. The lowest BCUT2D eigenvalue weighted by Crippen LogP contribution is -2.50. The summed E-state index contributed by atoms with van der Waals surface area (Å²) in [5, 5.41) is 11.0. The minimum atomic E-state index is -0.401. The number of primary amides is 1. The van der Waals surface area contributed by atoms with Gasteiger partial charge in [0.05, 0.1) is 32.0 Å². The van der Waals surface area contributed by atoms with Crippen molar-refractivity contribution in [2.75, 3.05) is 26.3 Å². The van der Waals surface area contributed by atoms with Crippen molar-refractivity contribution in [1.82, 2.24) is 4.90 Å². The highest BCUT2D eigenvalue weighted by molar-refractivity contribution is 5.73. The predicted octanol–water partition coefficient (Wildman–Crippen LogP) is 3.92. The van der Waals surface area contributed by atoms with Gasteiger partial charge in [0.2, 0.25) is 5.91 Å². The highest BCUT2D eigenvalue weighted by Gasteiger charge is 2.45. The molecule has 3 N–H and O–H groups in total. The number of rotatable bonds is 11. The zero-order valence-corrected chi connectivity index (χ0v) is 20.4. The number of aliphatic hydroxyl groups is 1. The molecular weight excluding hydrogens is 440 g/mol. The van der Waals surface area contributed by atoms with Crippen LogP contribution in [-0.4, -0.2) is 60.5 Å². The van der Waals surface area contributed by atoms with Crippen molar-refractivity contribution in [3.63, 3.8) is 0 Å². The van der Waals surface area contributed by atoms with E-state index < -0.39 is 6.10 Å². The molecule has 1 saturated carbocycles. The Kier molecular flexibility index (Phi) is 9.49. The molecule has 188 valence electrons. The molecule has 0 unspecified atom stereocenters. The second kappa shape index (κ2) is 13.0. The van der Waals surface area contributed by atoms with Crippen LogP contribution in [0.15, 0.2) is 66.7 Å². The molecule has 0 radical (unpaired) electrons. The summed E-state index contributed by atoms with van der Waals surface area (Å²) in [6.45, 7) is 3.65. The molecule has 1 aliphatic heterocycles. The third kappa shape index (κ3) is 7.24. The molecule has 6 nitrogen and oxygen atoms in total. The van der Waals surface area contributed by atoms with Crippen LogP contribution in [0.4, 0.5) is 0 Å². The van der Waals surface area contributed by atoms with Crippen LogP contribution in [0.5, 0.6) is 0 Å². The van der Waals surface area contributed by atoms with E-state index in [1.807, 2.05) is 12.1 Å². The standard InChI is InChI=1S/C29H38N2O4/c30-28(33)11-7-2-1-6-10-25-27(20-26(32)29(25)31-16-18-34-19-17-31)35-21-22-12-14-24(15-13-22)23-8-4-3-5-9-23/h1-5,8-9,12-15,25-27,29,32H,6-7,10-11,16-21H2,(H2,30,33)/t25-,26+,27-,29+/m0/s1. The van der Waals surface area contributed by atoms with Gasteiger partial charge in [0.1, 0.15) is 0 Å². The van der Waals surface area contributed by atoms with E-state index in [2.05, 4.69) is 59.5 Å². The normalized spacial score (nSPS) is 25.3. The molecule has 2 aromatic rings. The summed E-state index contributed by atoms with van der Waals surface area (Å²) in [4.78, 5) is 13.3. The number of benzene rings is 2. The number of hydrogen-bond donors (Lipinski definition) is 2. The quantitative estimate of drug-likeness (QED) is 0.478. The molecule has 4 rings (SSSR count). The van der Waals surface area contributed by atoms with E-state index in [4.69, 9.17) is 15.2 Å². The highest BCUT2D eigenvalue weighted by atomic mass is 16.5. The van der Waals surface area contributed by atoms with Gasteiger partial charge in [0, 0.05) is 37.9 Å². The number of hydrogen-bond acceptors (Lipinski definition) is 5. The van der Waals surface area contributed by atoms with Crippen LogP contribution in [0.25, 0.3) is 11.1 Å². The summed E-state index contributed by atoms with van der Waals surface area (Å²) >= 11 is 0. The maximum Gasteiger partial charge on any atom is 0.217 e. The van der Waals surface area contributed by atoms with Gasteiger partial charge in [-0.2, -0.15) is 0 Å². The lowest BCUT2D eigenvalue weighted by atomic mass is 9.93. The summed E-state index contributed by atoms with van der Waals surface area (Å²) in [6.07, 6.45) is 7.30. The molecule has 0 bridgehead atoms. The van der Waals surface area contributed by atoms with Crippen molar-refractivity contribution in [2.24, 2.45) is 11.7 Å². The van der Waals surface area contributed by atoms with Gasteiger partial charge in [-0.05, 0) is 36.0 Å². The van der Waals surface area contributed by atoms with Crippen molar-refractivity contribution in [2.45, 2.75) is 57.0 Å². The molecule has 1 saturated heterocycles. The number of carbonyl (C=O) groups is 1. The molecule has 0 spiro atoms. The van der Waals surface area contributed by atoms with Gasteiger partial charge in [-0.1, -0.05) is 66.7 Å². The van der Waals surface area contributed by atoms with E-state index in [1.54, 1.807) is 0 Å². The van der Waals surface area contributed by atoms with Crippen LogP contribution < -0.4 is 5.73 Å². The maximum atomic E-state index is 11.0. The van der Waals surface area contributed by atoms with Crippen molar-refractivity contribution in [1.29, 1.82) is 0 Å². The number of nitrogens with zero attached hydrogens (tertiary/aromatic N) is 1. The summed E-state index contributed by atoms with van der Waals surface area (Å²) in [6, 6.07) is 19.0. The van der Waals surface area contributed by atoms with E-state index in [-0.39, 0.29) is 24.0 Å². The zero-order chi connectivity index (χ0) is 24.5. The van der Waals surface area contributed by atoms with Gasteiger partial charge in [0.25, 0.3) is 0 Å². The topological polar surface area (TPSA) is 85.0 Å². The van der Waals surface area contributed by atoms with Crippen LogP contribution in [0.2, 0.25) is 0 Å². The third-order valence-corrected chi connectivity index (χ3v) is 7.17. The van der Waals surface area contributed by atoms with Crippen LogP contribution in [0, 0.1) is 5.92 Å². The summed E-state index contributed by atoms with van der Waals surface area (Å²) in [5.41, 5.74) is 8.76. The Bertz CT molecular complexity index is 941. The van der Waals surface area contributed by atoms with E-state index in [0.717, 1.165) is 31.5 Å². The van der Waals surface area contributed by atoms with E-state index >= 15 is 0 Å². The first-order valence-corrected chi connectivity index (χ1v) is 12.8. The molecule has 4 atom stereocenters. The largest absolute Gasteiger partial charge is 0.391 e. The number of aliphatic hydroxyl groups excluding tert-OH is 1.